The average Bonchev–Trinajstić information content (AvgIpc) is 2.78. The van der Waals surface area contributed by atoms with E-state index in [1.165, 1.54) is 19.2 Å². The topological polar surface area (TPSA) is 105 Å². The number of carboxylic acid groups (broad SMARTS) is 1. The van der Waals surface area contributed by atoms with Gasteiger partial charge in [0.05, 0.1) is 28.3 Å². The number of carboxylic acids is 1. The molecule has 0 unspecified atom stereocenters. The average molecular weight is 570 g/mol. The summed E-state index contributed by atoms with van der Waals surface area (Å²) in [4.78, 5) is 33.9. The summed E-state index contributed by atoms with van der Waals surface area (Å²) in [5.41, 5.74) is 2.11. The highest BCUT2D eigenvalue weighted by Crippen LogP contribution is 2.30. The van der Waals surface area contributed by atoms with Gasteiger partial charge in [-0.05, 0) is 57.0 Å². The van der Waals surface area contributed by atoms with Crippen LogP contribution in [-0.4, -0.2) is 35.4 Å². The molecule has 0 aliphatic rings. The van der Waals surface area contributed by atoms with Crippen LogP contribution in [0, 0.1) is 13.8 Å². The van der Waals surface area contributed by atoms with E-state index in [9.17, 15) is 14.4 Å². The highest BCUT2D eigenvalue weighted by molar-refractivity contribution is 8.11. The summed E-state index contributed by atoms with van der Waals surface area (Å²) in [6, 6.07) is 4.67. The second-order valence-corrected chi connectivity index (χ2v) is 9.55. The summed E-state index contributed by atoms with van der Waals surface area (Å²) in [6.07, 6.45) is 0. The molecule has 12 heteroatoms. The maximum absolute atomic E-state index is 11.6. The third-order valence-corrected chi connectivity index (χ3v) is 6.99. The van der Waals surface area contributed by atoms with Gasteiger partial charge in [0.2, 0.25) is 0 Å². The van der Waals surface area contributed by atoms with E-state index < -0.39 is 11.9 Å². The van der Waals surface area contributed by atoms with E-state index in [4.69, 9.17) is 51.5 Å². The van der Waals surface area contributed by atoms with Crippen LogP contribution in [0.3, 0.4) is 0 Å². The first-order valence-electron chi connectivity index (χ1n) is 9.75. The molecule has 2 rings (SSSR count). The standard InChI is InChI=1S/C13H16Cl2N2O3S.C9H8Cl2O2/c1-7(2)17-21-13(19)16-6-9-10(14)5-4-8(11(9)15)12(18)20-3;1-4-3-6(9(12)13)8(11)5(2)7(4)10/h4-5,7,17H,6H2,1-3H3,(H,16,19);3H,1-2H3,(H,12,13). The first kappa shape index (κ1) is 30.4. The number of esters is 1. The van der Waals surface area contributed by atoms with Crippen LogP contribution in [0.2, 0.25) is 20.1 Å². The molecule has 0 radical (unpaired) electrons. The van der Waals surface area contributed by atoms with E-state index >= 15 is 0 Å². The van der Waals surface area contributed by atoms with Gasteiger partial charge in [0.15, 0.2) is 0 Å². The Balaban J connectivity index is 0.000000380. The molecule has 7 nitrogen and oxygen atoms in total. The minimum Gasteiger partial charge on any atom is -0.478 e. The number of carbonyl (C=O) groups excluding carboxylic acids is 2. The number of aryl methyl sites for hydroxylation is 1. The lowest BCUT2D eigenvalue weighted by atomic mass is 10.1. The largest absolute Gasteiger partial charge is 0.478 e. The highest BCUT2D eigenvalue weighted by Gasteiger charge is 2.17. The van der Waals surface area contributed by atoms with Crippen molar-refractivity contribution in [1.82, 2.24) is 10.0 Å². The quantitative estimate of drug-likeness (QED) is 0.255. The van der Waals surface area contributed by atoms with Crippen molar-refractivity contribution in [2.75, 3.05) is 7.11 Å². The molecule has 0 bridgehead atoms. The highest BCUT2D eigenvalue weighted by atomic mass is 35.5. The fraction of sp³-hybridized carbons (Fsp3) is 0.318. The van der Waals surface area contributed by atoms with E-state index in [2.05, 4.69) is 14.8 Å². The van der Waals surface area contributed by atoms with Gasteiger partial charge in [0.1, 0.15) is 0 Å². The number of hydrogen-bond acceptors (Lipinski definition) is 6. The predicted octanol–water partition coefficient (Wildman–Crippen LogP) is 6.94. The Labute approximate surface area is 222 Å². The van der Waals surface area contributed by atoms with Gasteiger partial charge in [-0.1, -0.05) is 46.4 Å². The Morgan fingerprint density at radius 3 is 2.18 bits per heavy atom. The number of amides is 1. The van der Waals surface area contributed by atoms with Crippen molar-refractivity contribution >= 4 is 75.5 Å². The minimum atomic E-state index is -1.03. The number of aromatic carboxylic acids is 1. The van der Waals surface area contributed by atoms with Crippen molar-refractivity contribution in [1.29, 1.82) is 0 Å². The summed E-state index contributed by atoms with van der Waals surface area (Å²) in [6.45, 7) is 7.41. The molecule has 0 aliphatic carbocycles. The molecule has 0 heterocycles. The zero-order chi connectivity index (χ0) is 26.2. The molecule has 2 aromatic rings. The monoisotopic (exact) mass is 568 g/mol. The molecule has 0 atom stereocenters. The molecule has 1 amide bonds. The van der Waals surface area contributed by atoms with Crippen LogP contribution < -0.4 is 10.0 Å². The first-order chi connectivity index (χ1) is 15.8. The van der Waals surface area contributed by atoms with E-state index in [0.29, 0.717) is 21.2 Å². The van der Waals surface area contributed by atoms with Crippen LogP contribution in [-0.2, 0) is 11.3 Å². The second-order valence-electron chi connectivity index (χ2n) is 7.19. The number of carbonyl (C=O) groups is 3. The Hall–Kier alpha value is -1.68. The molecule has 0 fully saturated rings. The number of ether oxygens (including phenoxy) is 1. The molecule has 2 aromatic carbocycles. The zero-order valence-corrected chi connectivity index (χ0v) is 22.9. The van der Waals surface area contributed by atoms with Crippen LogP contribution in [0.1, 0.15) is 51.3 Å². The van der Waals surface area contributed by atoms with Gasteiger partial charge in [-0.25, -0.2) is 9.59 Å². The predicted molar refractivity (Wildman–Crippen MR) is 139 cm³/mol. The van der Waals surface area contributed by atoms with Crippen molar-refractivity contribution in [3.63, 3.8) is 0 Å². The lowest BCUT2D eigenvalue weighted by Crippen LogP contribution is -2.25. The van der Waals surface area contributed by atoms with Crippen molar-refractivity contribution in [2.24, 2.45) is 0 Å². The molecule has 0 aliphatic heterocycles. The van der Waals surface area contributed by atoms with Crippen LogP contribution >= 0.6 is 58.4 Å². The number of benzene rings is 2. The summed E-state index contributed by atoms with van der Waals surface area (Å²) >= 11 is 24.8. The lowest BCUT2D eigenvalue weighted by molar-refractivity contribution is 0.0600. The Kier molecular flexibility index (Phi) is 12.5. The lowest BCUT2D eigenvalue weighted by Gasteiger charge is -2.12. The third-order valence-electron chi connectivity index (χ3n) is 4.22. The Morgan fingerprint density at radius 1 is 1.03 bits per heavy atom. The van der Waals surface area contributed by atoms with Gasteiger partial charge in [-0.15, -0.1) is 0 Å². The number of rotatable bonds is 6. The molecule has 0 aromatic heterocycles. The summed E-state index contributed by atoms with van der Waals surface area (Å²) in [7, 11) is 1.27. The van der Waals surface area contributed by atoms with Gasteiger partial charge in [-0.2, -0.15) is 0 Å². The molecule has 3 N–H and O–H groups in total. The molecular formula is C22H24Cl4N2O5S. The maximum atomic E-state index is 11.6. The number of hydrogen-bond donors (Lipinski definition) is 3. The van der Waals surface area contributed by atoms with Crippen LogP contribution in [0.25, 0.3) is 0 Å². The molecule has 0 saturated heterocycles. The third kappa shape index (κ3) is 8.52. The van der Waals surface area contributed by atoms with Crippen molar-refractivity contribution in [2.45, 2.75) is 40.3 Å². The fourth-order valence-corrected chi connectivity index (χ4v) is 3.98. The van der Waals surface area contributed by atoms with E-state index in [0.717, 1.165) is 17.5 Å². The Morgan fingerprint density at radius 2 is 1.65 bits per heavy atom. The van der Waals surface area contributed by atoms with Gasteiger partial charge in [0.25, 0.3) is 5.24 Å². The number of nitrogens with one attached hydrogen (secondary N) is 2. The molecule has 186 valence electrons. The normalized spacial score (nSPS) is 10.4. The summed E-state index contributed by atoms with van der Waals surface area (Å²) in [5, 5.41) is 12.5. The molecule has 34 heavy (non-hydrogen) atoms. The van der Waals surface area contributed by atoms with Gasteiger partial charge < -0.3 is 15.2 Å². The van der Waals surface area contributed by atoms with Crippen molar-refractivity contribution in [3.8, 4) is 0 Å². The zero-order valence-electron chi connectivity index (χ0n) is 19.0. The summed E-state index contributed by atoms with van der Waals surface area (Å²) < 4.78 is 7.55. The van der Waals surface area contributed by atoms with E-state index in [1.54, 1.807) is 19.9 Å². The summed E-state index contributed by atoms with van der Waals surface area (Å²) in [5.74, 6) is -1.59. The van der Waals surface area contributed by atoms with Gasteiger partial charge in [0, 0.05) is 40.1 Å². The van der Waals surface area contributed by atoms with Crippen LogP contribution in [0.5, 0.6) is 0 Å². The molecule has 0 spiro atoms. The molecule has 0 saturated carbocycles. The number of methoxy groups -OCH3 is 1. The molecular weight excluding hydrogens is 546 g/mol. The van der Waals surface area contributed by atoms with Gasteiger partial charge >= 0.3 is 11.9 Å². The minimum absolute atomic E-state index is 0.0982. The van der Waals surface area contributed by atoms with E-state index in [1.807, 2.05) is 13.8 Å². The smallest absolute Gasteiger partial charge is 0.339 e. The van der Waals surface area contributed by atoms with Crippen molar-refractivity contribution < 1.29 is 24.2 Å². The maximum Gasteiger partial charge on any atom is 0.339 e. The van der Waals surface area contributed by atoms with E-state index in [-0.39, 0.29) is 39.0 Å². The van der Waals surface area contributed by atoms with Crippen LogP contribution in [0.15, 0.2) is 18.2 Å². The van der Waals surface area contributed by atoms with Gasteiger partial charge in [-0.3, -0.25) is 9.52 Å². The first-order valence-corrected chi connectivity index (χ1v) is 12.1. The Bertz CT molecular complexity index is 1080. The second kappa shape index (κ2) is 14.0. The number of halogens is 4. The SMILES string of the molecule is COC(=O)c1ccc(Cl)c(CNC(=O)SNC(C)C)c1Cl.Cc1cc(C(=O)O)c(Cl)c(C)c1Cl. The van der Waals surface area contributed by atoms with Crippen molar-refractivity contribution in [3.05, 3.63) is 66.1 Å². The van der Waals surface area contributed by atoms with Crippen LogP contribution in [0.4, 0.5) is 4.79 Å². The fourth-order valence-electron chi connectivity index (χ4n) is 2.49.